The number of furan rings is 1. The predicted octanol–water partition coefficient (Wildman–Crippen LogP) is 4.06. The molecule has 2 rings (SSSR count). The molecule has 0 aliphatic rings. The van der Waals surface area contributed by atoms with Crippen molar-refractivity contribution in [2.75, 3.05) is 13.6 Å². The van der Waals surface area contributed by atoms with Gasteiger partial charge in [0.25, 0.3) is 0 Å². The van der Waals surface area contributed by atoms with E-state index in [2.05, 4.69) is 42.4 Å². The quantitative estimate of drug-likeness (QED) is 0.745. The van der Waals surface area contributed by atoms with E-state index in [4.69, 9.17) is 16.0 Å². The van der Waals surface area contributed by atoms with E-state index in [-0.39, 0.29) is 0 Å². The zero-order chi connectivity index (χ0) is 15.1. The molecule has 1 aromatic carbocycles. The minimum absolute atomic E-state index is 0.778. The molecule has 1 N–H and O–H groups in total. The van der Waals surface area contributed by atoms with E-state index >= 15 is 0 Å². The normalized spacial score (nSPS) is 11.2. The molecule has 4 heteroatoms. The van der Waals surface area contributed by atoms with Gasteiger partial charge in [0.1, 0.15) is 5.76 Å². The molecule has 0 saturated heterocycles. The molecule has 0 unspecified atom stereocenters. The van der Waals surface area contributed by atoms with Gasteiger partial charge < -0.3 is 9.73 Å². The first-order valence-corrected chi connectivity index (χ1v) is 7.75. The van der Waals surface area contributed by atoms with Gasteiger partial charge in [-0.15, -0.1) is 0 Å². The number of rotatable bonds is 8. The van der Waals surface area contributed by atoms with E-state index in [1.807, 2.05) is 12.1 Å². The molecule has 3 nitrogen and oxygen atoms in total. The van der Waals surface area contributed by atoms with Crippen molar-refractivity contribution >= 4 is 11.6 Å². The molecule has 0 saturated carbocycles. The second-order valence-corrected chi connectivity index (χ2v) is 5.78. The molecule has 0 radical (unpaired) electrons. The van der Waals surface area contributed by atoms with Crippen molar-refractivity contribution in [3.05, 3.63) is 58.5 Å². The third-order valence-electron chi connectivity index (χ3n) is 3.36. The number of hydrogen-bond acceptors (Lipinski definition) is 3. The van der Waals surface area contributed by atoms with Gasteiger partial charge in [-0.25, -0.2) is 0 Å². The highest BCUT2D eigenvalue weighted by Gasteiger charge is 2.09. The van der Waals surface area contributed by atoms with E-state index in [0.29, 0.717) is 0 Å². The van der Waals surface area contributed by atoms with Crippen LogP contribution in [0.2, 0.25) is 5.02 Å². The Hall–Kier alpha value is -1.29. The Labute approximate surface area is 131 Å². The highest BCUT2D eigenvalue weighted by atomic mass is 35.5. The summed E-state index contributed by atoms with van der Waals surface area (Å²) in [5.41, 5.74) is 2.51. The van der Waals surface area contributed by atoms with Gasteiger partial charge >= 0.3 is 0 Å². The minimum Gasteiger partial charge on any atom is -0.468 e. The Balaban J connectivity index is 1.88. The van der Waals surface area contributed by atoms with Crippen molar-refractivity contribution in [2.24, 2.45) is 0 Å². The summed E-state index contributed by atoms with van der Waals surface area (Å²) in [7, 11) is 2.12. The third kappa shape index (κ3) is 5.20. The molecule has 2 aromatic rings. The van der Waals surface area contributed by atoms with Gasteiger partial charge in [-0.05, 0) is 43.8 Å². The third-order valence-corrected chi connectivity index (χ3v) is 3.61. The minimum atomic E-state index is 0.778. The predicted molar refractivity (Wildman–Crippen MR) is 87.3 cm³/mol. The maximum atomic E-state index is 5.91. The van der Waals surface area contributed by atoms with Crippen LogP contribution in [0.5, 0.6) is 0 Å². The summed E-state index contributed by atoms with van der Waals surface area (Å²) in [6, 6.07) is 10.1. The Morgan fingerprint density at radius 1 is 1.14 bits per heavy atom. The van der Waals surface area contributed by atoms with Gasteiger partial charge in [0.05, 0.1) is 12.8 Å². The van der Waals surface area contributed by atoms with Crippen LogP contribution in [0.15, 0.2) is 41.0 Å². The summed E-state index contributed by atoms with van der Waals surface area (Å²) < 4.78 is 5.57. The van der Waals surface area contributed by atoms with E-state index in [0.717, 1.165) is 43.4 Å². The summed E-state index contributed by atoms with van der Waals surface area (Å²) in [5, 5.41) is 4.16. The standard InChI is InChI=1S/C17H23ClN2O/c1-3-9-19-11-17-15(8-10-21-17)13-20(2)12-14-4-6-16(18)7-5-14/h4-8,10,19H,3,9,11-13H2,1-2H3. The van der Waals surface area contributed by atoms with Crippen LogP contribution in [0.3, 0.4) is 0 Å². The van der Waals surface area contributed by atoms with Gasteiger partial charge in [-0.1, -0.05) is 30.7 Å². The second-order valence-electron chi connectivity index (χ2n) is 5.34. The van der Waals surface area contributed by atoms with Crippen molar-refractivity contribution in [2.45, 2.75) is 33.0 Å². The van der Waals surface area contributed by atoms with E-state index < -0.39 is 0 Å². The van der Waals surface area contributed by atoms with Crippen LogP contribution in [-0.2, 0) is 19.6 Å². The summed E-state index contributed by atoms with van der Waals surface area (Å²) in [6.45, 7) is 5.74. The Kier molecular flexibility index (Phi) is 6.30. The molecule has 0 bridgehead atoms. The lowest BCUT2D eigenvalue weighted by atomic mass is 10.2. The number of halogens is 1. The van der Waals surface area contributed by atoms with Crippen LogP contribution in [0, 0.1) is 0 Å². The van der Waals surface area contributed by atoms with Gasteiger partial charge in [0.15, 0.2) is 0 Å². The average Bonchev–Trinajstić information content (AvgIpc) is 2.89. The van der Waals surface area contributed by atoms with Crippen LogP contribution >= 0.6 is 11.6 Å². The van der Waals surface area contributed by atoms with Crippen LogP contribution in [0.1, 0.15) is 30.2 Å². The number of nitrogens with one attached hydrogen (secondary N) is 1. The molecule has 0 spiro atoms. The maximum Gasteiger partial charge on any atom is 0.122 e. The molecule has 0 amide bonds. The fourth-order valence-corrected chi connectivity index (χ4v) is 2.42. The average molecular weight is 307 g/mol. The fourth-order valence-electron chi connectivity index (χ4n) is 2.29. The van der Waals surface area contributed by atoms with E-state index in [1.54, 1.807) is 6.26 Å². The molecular formula is C17H23ClN2O. The fraction of sp³-hybridized carbons (Fsp3) is 0.412. The van der Waals surface area contributed by atoms with Crippen molar-refractivity contribution in [3.63, 3.8) is 0 Å². The van der Waals surface area contributed by atoms with Crippen molar-refractivity contribution < 1.29 is 4.42 Å². The second kappa shape index (κ2) is 8.23. The van der Waals surface area contributed by atoms with Gasteiger partial charge in [-0.3, -0.25) is 4.90 Å². The van der Waals surface area contributed by atoms with Crippen molar-refractivity contribution in [1.82, 2.24) is 10.2 Å². The van der Waals surface area contributed by atoms with Crippen LogP contribution < -0.4 is 5.32 Å². The van der Waals surface area contributed by atoms with Crippen LogP contribution in [0.4, 0.5) is 0 Å². The monoisotopic (exact) mass is 306 g/mol. The Bertz CT molecular complexity index is 536. The molecule has 0 atom stereocenters. The summed E-state index contributed by atoms with van der Waals surface area (Å²) in [4.78, 5) is 2.28. The lowest BCUT2D eigenvalue weighted by Gasteiger charge is -2.17. The highest BCUT2D eigenvalue weighted by Crippen LogP contribution is 2.15. The van der Waals surface area contributed by atoms with E-state index in [9.17, 15) is 0 Å². The zero-order valence-corrected chi connectivity index (χ0v) is 13.5. The van der Waals surface area contributed by atoms with E-state index in [1.165, 1.54) is 11.1 Å². The van der Waals surface area contributed by atoms with Gasteiger partial charge in [0.2, 0.25) is 0 Å². The molecule has 0 aliphatic heterocycles. The van der Waals surface area contributed by atoms with Crippen LogP contribution in [0.25, 0.3) is 0 Å². The number of hydrogen-bond donors (Lipinski definition) is 1. The molecule has 0 aliphatic carbocycles. The molecule has 114 valence electrons. The van der Waals surface area contributed by atoms with Crippen molar-refractivity contribution in [3.8, 4) is 0 Å². The van der Waals surface area contributed by atoms with Gasteiger partial charge in [0, 0.05) is 23.7 Å². The smallest absolute Gasteiger partial charge is 0.122 e. The summed E-state index contributed by atoms with van der Waals surface area (Å²) >= 11 is 5.91. The zero-order valence-electron chi connectivity index (χ0n) is 12.7. The Morgan fingerprint density at radius 3 is 2.62 bits per heavy atom. The topological polar surface area (TPSA) is 28.4 Å². The maximum absolute atomic E-state index is 5.91. The summed E-state index contributed by atoms with van der Waals surface area (Å²) in [6.07, 6.45) is 2.90. The van der Waals surface area contributed by atoms with Gasteiger partial charge in [-0.2, -0.15) is 0 Å². The lowest BCUT2D eigenvalue weighted by molar-refractivity contribution is 0.314. The lowest BCUT2D eigenvalue weighted by Crippen LogP contribution is -2.19. The largest absolute Gasteiger partial charge is 0.468 e. The summed E-state index contributed by atoms with van der Waals surface area (Å²) in [5.74, 6) is 1.03. The number of nitrogens with zero attached hydrogens (tertiary/aromatic N) is 1. The highest BCUT2D eigenvalue weighted by molar-refractivity contribution is 6.30. The first-order valence-electron chi connectivity index (χ1n) is 7.38. The van der Waals surface area contributed by atoms with Crippen LogP contribution in [-0.4, -0.2) is 18.5 Å². The Morgan fingerprint density at radius 2 is 1.90 bits per heavy atom. The molecule has 21 heavy (non-hydrogen) atoms. The molecule has 0 fully saturated rings. The molecular weight excluding hydrogens is 284 g/mol. The number of benzene rings is 1. The van der Waals surface area contributed by atoms with Crippen molar-refractivity contribution in [1.29, 1.82) is 0 Å². The first kappa shape index (κ1) is 16.1. The molecule has 1 aromatic heterocycles. The SMILES string of the molecule is CCCNCc1occc1CN(C)Cc1ccc(Cl)cc1. The first-order chi connectivity index (χ1) is 10.2. The molecule has 1 heterocycles.